The van der Waals surface area contributed by atoms with Crippen LogP contribution in [0.3, 0.4) is 0 Å². The Morgan fingerprint density at radius 2 is 2.20 bits per heavy atom. The van der Waals surface area contributed by atoms with Gasteiger partial charge in [-0.3, -0.25) is 0 Å². The molecule has 0 fully saturated rings. The summed E-state index contributed by atoms with van der Waals surface area (Å²) in [6, 6.07) is 8.11. The molecule has 0 aliphatic heterocycles. The highest BCUT2D eigenvalue weighted by Gasteiger charge is 2.20. The molecule has 1 N–H and O–H groups in total. The molecule has 104 valence electrons. The fourth-order valence-electron chi connectivity index (χ4n) is 2.82. The van der Waals surface area contributed by atoms with Gasteiger partial charge in [0.15, 0.2) is 5.82 Å². The number of rotatable bonds is 3. The van der Waals surface area contributed by atoms with Gasteiger partial charge in [0.05, 0.1) is 0 Å². The van der Waals surface area contributed by atoms with Crippen molar-refractivity contribution in [3.8, 4) is 11.4 Å². The molecule has 1 aromatic carbocycles. The molecule has 4 heteroatoms. The molecule has 3 rings (SSSR count). The Kier molecular flexibility index (Phi) is 4.13. The van der Waals surface area contributed by atoms with E-state index in [1.165, 1.54) is 17.7 Å². The third-order valence-electron chi connectivity index (χ3n) is 3.86. The Labute approximate surface area is 128 Å². The molecule has 1 heterocycles. The van der Waals surface area contributed by atoms with Gasteiger partial charge in [-0.05, 0) is 50.4 Å². The van der Waals surface area contributed by atoms with Gasteiger partial charge in [0.1, 0.15) is 0 Å². The average Bonchev–Trinajstić information content (AvgIpc) is 2.48. The van der Waals surface area contributed by atoms with Gasteiger partial charge in [-0.1, -0.05) is 34.1 Å². The third-order valence-corrected chi connectivity index (χ3v) is 4.55. The summed E-state index contributed by atoms with van der Waals surface area (Å²) in [6.07, 6.45) is 5.37. The Hall–Kier alpha value is -1.26. The Morgan fingerprint density at radius 1 is 1.35 bits per heavy atom. The smallest absolute Gasteiger partial charge is 0.160 e. The van der Waals surface area contributed by atoms with Crippen LogP contribution >= 0.6 is 15.9 Å². The molecule has 0 saturated carbocycles. The Balaban J connectivity index is 1.90. The lowest BCUT2D eigenvalue weighted by Gasteiger charge is -2.23. The van der Waals surface area contributed by atoms with E-state index in [9.17, 15) is 0 Å². The zero-order valence-corrected chi connectivity index (χ0v) is 13.2. The first-order chi connectivity index (χ1) is 9.78. The summed E-state index contributed by atoms with van der Waals surface area (Å²) in [5.74, 6) is 1.54. The van der Waals surface area contributed by atoms with Crippen LogP contribution in [0.2, 0.25) is 0 Å². The van der Waals surface area contributed by atoms with Crippen molar-refractivity contribution in [1.82, 2.24) is 15.3 Å². The second-order valence-corrected chi connectivity index (χ2v) is 6.17. The number of aryl methyl sites for hydroxylation is 1. The first-order valence-corrected chi connectivity index (χ1v) is 7.81. The van der Waals surface area contributed by atoms with Crippen LogP contribution in [0.25, 0.3) is 11.4 Å². The lowest BCUT2D eigenvalue weighted by molar-refractivity contribution is 0.434. The first kappa shape index (κ1) is 13.7. The lowest BCUT2D eigenvalue weighted by Crippen LogP contribution is -2.25. The monoisotopic (exact) mass is 331 g/mol. The molecule has 1 unspecified atom stereocenters. The second-order valence-electron chi connectivity index (χ2n) is 5.31. The maximum absolute atomic E-state index is 4.78. The zero-order chi connectivity index (χ0) is 13.9. The van der Waals surface area contributed by atoms with E-state index >= 15 is 0 Å². The molecule has 0 spiro atoms. The number of hydrogen-bond donors (Lipinski definition) is 1. The van der Waals surface area contributed by atoms with Gasteiger partial charge >= 0.3 is 0 Å². The van der Waals surface area contributed by atoms with Crippen molar-refractivity contribution in [2.75, 3.05) is 13.6 Å². The number of fused-ring (bicyclic) bond motifs is 1. The number of nitrogens with one attached hydrogen (secondary N) is 1. The highest BCUT2D eigenvalue weighted by atomic mass is 79.9. The largest absolute Gasteiger partial charge is 0.319 e. The van der Waals surface area contributed by atoms with E-state index in [0.717, 1.165) is 35.2 Å². The number of hydrogen-bond acceptors (Lipinski definition) is 3. The third kappa shape index (κ3) is 2.76. The van der Waals surface area contributed by atoms with E-state index in [-0.39, 0.29) is 0 Å². The maximum Gasteiger partial charge on any atom is 0.160 e. The van der Waals surface area contributed by atoms with E-state index < -0.39 is 0 Å². The molecule has 1 aliphatic carbocycles. The summed E-state index contributed by atoms with van der Waals surface area (Å²) < 4.78 is 1.05. The van der Waals surface area contributed by atoms with Crippen molar-refractivity contribution in [2.45, 2.75) is 19.3 Å². The van der Waals surface area contributed by atoms with Crippen molar-refractivity contribution in [3.63, 3.8) is 0 Å². The van der Waals surface area contributed by atoms with E-state index in [0.29, 0.717) is 5.92 Å². The molecule has 0 radical (unpaired) electrons. The standard InChI is InChI=1S/C16H18BrN3/c1-18-9-11-6-7-15-12(8-11)10-19-16(20-15)13-4-2-3-5-14(13)17/h2-5,10-11,18H,6-9H2,1H3. The molecular weight excluding hydrogens is 314 g/mol. The molecule has 3 nitrogen and oxygen atoms in total. The average molecular weight is 332 g/mol. The summed E-state index contributed by atoms with van der Waals surface area (Å²) in [4.78, 5) is 9.33. The van der Waals surface area contributed by atoms with Crippen molar-refractivity contribution >= 4 is 15.9 Å². The fourth-order valence-corrected chi connectivity index (χ4v) is 3.28. The van der Waals surface area contributed by atoms with Gasteiger partial charge in [0, 0.05) is 21.9 Å². The molecule has 1 atom stereocenters. The topological polar surface area (TPSA) is 37.8 Å². The van der Waals surface area contributed by atoms with Crippen LogP contribution in [0.15, 0.2) is 34.9 Å². The second kappa shape index (κ2) is 6.02. The Bertz CT molecular complexity index is 612. The summed E-state index contributed by atoms with van der Waals surface area (Å²) in [6.45, 7) is 1.07. The van der Waals surface area contributed by atoms with Gasteiger partial charge in [0.25, 0.3) is 0 Å². The van der Waals surface area contributed by atoms with Crippen molar-refractivity contribution < 1.29 is 0 Å². The van der Waals surface area contributed by atoms with E-state index in [4.69, 9.17) is 4.98 Å². The van der Waals surface area contributed by atoms with Crippen LogP contribution in [-0.4, -0.2) is 23.6 Å². The molecule has 1 aromatic heterocycles. The summed E-state index contributed by atoms with van der Waals surface area (Å²) in [5.41, 5.74) is 3.60. The van der Waals surface area contributed by atoms with Crippen LogP contribution in [0.5, 0.6) is 0 Å². The molecule has 0 saturated heterocycles. The first-order valence-electron chi connectivity index (χ1n) is 7.02. The van der Waals surface area contributed by atoms with Gasteiger partial charge in [0.2, 0.25) is 0 Å². The fraction of sp³-hybridized carbons (Fsp3) is 0.375. The highest BCUT2D eigenvalue weighted by Crippen LogP contribution is 2.28. The van der Waals surface area contributed by atoms with Crippen LogP contribution in [-0.2, 0) is 12.8 Å². The Morgan fingerprint density at radius 3 is 3.00 bits per heavy atom. The molecule has 20 heavy (non-hydrogen) atoms. The number of benzene rings is 1. The molecule has 1 aliphatic rings. The number of aromatic nitrogens is 2. The SMILES string of the molecule is CNCC1CCc2nc(-c3ccccc3Br)ncc2C1. The summed E-state index contributed by atoms with van der Waals surface area (Å²) in [5, 5.41) is 3.27. The molecule has 0 amide bonds. The zero-order valence-electron chi connectivity index (χ0n) is 11.6. The molecule has 2 aromatic rings. The summed E-state index contributed by atoms with van der Waals surface area (Å²) >= 11 is 3.57. The van der Waals surface area contributed by atoms with Crippen LogP contribution in [0, 0.1) is 5.92 Å². The van der Waals surface area contributed by atoms with E-state index in [1.54, 1.807) is 0 Å². The quantitative estimate of drug-likeness (QED) is 0.938. The van der Waals surface area contributed by atoms with Gasteiger partial charge in [-0.25, -0.2) is 9.97 Å². The van der Waals surface area contributed by atoms with Crippen molar-refractivity contribution in [2.24, 2.45) is 5.92 Å². The van der Waals surface area contributed by atoms with Gasteiger partial charge in [-0.2, -0.15) is 0 Å². The van der Waals surface area contributed by atoms with E-state index in [2.05, 4.69) is 32.3 Å². The highest BCUT2D eigenvalue weighted by molar-refractivity contribution is 9.10. The number of nitrogens with zero attached hydrogens (tertiary/aromatic N) is 2. The maximum atomic E-state index is 4.78. The van der Waals surface area contributed by atoms with Crippen molar-refractivity contribution in [1.29, 1.82) is 0 Å². The number of halogens is 1. The van der Waals surface area contributed by atoms with Gasteiger partial charge < -0.3 is 5.32 Å². The summed E-state index contributed by atoms with van der Waals surface area (Å²) in [7, 11) is 2.02. The minimum Gasteiger partial charge on any atom is -0.319 e. The van der Waals surface area contributed by atoms with Crippen LogP contribution in [0.1, 0.15) is 17.7 Å². The normalized spacial score (nSPS) is 17.8. The van der Waals surface area contributed by atoms with Crippen molar-refractivity contribution in [3.05, 3.63) is 46.2 Å². The van der Waals surface area contributed by atoms with Gasteiger partial charge in [-0.15, -0.1) is 0 Å². The van der Waals surface area contributed by atoms with E-state index in [1.807, 2.05) is 31.4 Å². The predicted molar refractivity (Wildman–Crippen MR) is 84.6 cm³/mol. The molecule has 0 bridgehead atoms. The van der Waals surface area contributed by atoms with Crippen LogP contribution in [0.4, 0.5) is 0 Å². The lowest BCUT2D eigenvalue weighted by atomic mass is 9.87. The minimum absolute atomic E-state index is 0.713. The minimum atomic E-state index is 0.713. The predicted octanol–water partition coefficient (Wildman–Crippen LogP) is 3.23. The van der Waals surface area contributed by atoms with Crippen LogP contribution < -0.4 is 5.32 Å². The molecular formula is C16H18BrN3.